The maximum absolute atomic E-state index is 12.4. The molecule has 4 aromatic heterocycles. The lowest BCUT2D eigenvalue weighted by Gasteiger charge is -2.06. The normalized spacial score (nSPS) is 10.3. The lowest BCUT2D eigenvalue weighted by atomic mass is 10.1. The molecule has 0 aliphatic carbocycles. The minimum absolute atomic E-state index is 0.240. The molecule has 4 heterocycles. The van der Waals surface area contributed by atoms with Crippen molar-refractivity contribution < 1.29 is 56.6 Å². The van der Waals surface area contributed by atoms with Gasteiger partial charge in [-0.2, -0.15) is 0 Å². The molecule has 0 aliphatic heterocycles. The Balaban J connectivity index is 0.000000154. The molecule has 24 nitrogen and oxygen atoms in total. The number of benzene rings is 9. The molecule has 0 fully saturated rings. The first kappa shape index (κ1) is 74.0. The first-order chi connectivity index (χ1) is 49.7. The Morgan fingerprint density at radius 1 is 0.284 bits per heavy atom. The lowest BCUT2D eigenvalue weighted by Crippen LogP contribution is -2.13. The van der Waals surface area contributed by atoms with E-state index < -0.39 is 0 Å². The smallest absolute Gasteiger partial charge is 0.257 e. The predicted octanol–water partition coefficient (Wildman–Crippen LogP) is 17.9. The Hall–Kier alpha value is -12.2. The second-order valence-corrected chi connectivity index (χ2v) is 22.4. The SMILES string of the molecule is CCOc1cccc(C(=O)Nc2nonc2-c2ccc(Cl)cc2)c1.CCOc1cccc(C(=O)Nc2nonc2-c2ccc(Cl)cc2)c1.CCOc1cccc(C(=O)Nc2nonc2-c2ccc(Cl)cc2)c1.CCOc1cccc(C(=O)Nc2nonc2-c2ccc(Cl)cc2)c1.c1ccccc1. The van der Waals surface area contributed by atoms with E-state index in [4.69, 9.17) is 83.9 Å². The van der Waals surface area contributed by atoms with Gasteiger partial charge in [-0.3, -0.25) is 19.2 Å². The number of hydrogen-bond donors (Lipinski definition) is 4. The minimum Gasteiger partial charge on any atom is -0.494 e. The van der Waals surface area contributed by atoms with Crippen molar-refractivity contribution in [2.45, 2.75) is 27.7 Å². The highest BCUT2D eigenvalue weighted by Crippen LogP contribution is 2.31. The van der Waals surface area contributed by atoms with Crippen LogP contribution in [0.1, 0.15) is 69.1 Å². The van der Waals surface area contributed by atoms with Crippen LogP contribution in [-0.2, 0) is 0 Å². The summed E-state index contributed by atoms with van der Waals surface area (Å²) >= 11 is 23.5. The number of anilines is 4. The molecule has 13 aromatic rings. The van der Waals surface area contributed by atoms with Crippen LogP contribution in [-0.4, -0.2) is 91.3 Å². The average Bonchev–Trinajstić information content (AvgIpc) is 1.66. The van der Waals surface area contributed by atoms with Gasteiger partial charge in [-0.15, -0.1) is 0 Å². The summed E-state index contributed by atoms with van der Waals surface area (Å²) in [6.45, 7) is 9.63. The molecule has 4 amide bonds. The fraction of sp³-hybridized carbons (Fsp3) is 0.108. The van der Waals surface area contributed by atoms with Crippen LogP contribution in [0.2, 0.25) is 20.1 Å². The van der Waals surface area contributed by atoms with Crippen LogP contribution in [0.5, 0.6) is 23.0 Å². The highest BCUT2D eigenvalue weighted by molar-refractivity contribution is 6.31. The van der Waals surface area contributed by atoms with E-state index in [-0.39, 0.29) is 46.9 Å². The maximum atomic E-state index is 12.4. The lowest BCUT2D eigenvalue weighted by molar-refractivity contribution is 0.101. The van der Waals surface area contributed by atoms with Crippen molar-refractivity contribution in [1.82, 2.24) is 41.3 Å². The molecule has 0 atom stereocenters. The van der Waals surface area contributed by atoms with Crippen LogP contribution in [0.25, 0.3) is 45.0 Å². The molecule has 0 saturated carbocycles. The molecule has 0 radical (unpaired) electrons. The third-order valence-corrected chi connectivity index (χ3v) is 14.7. The van der Waals surface area contributed by atoms with Gasteiger partial charge in [0.1, 0.15) is 23.0 Å². The third kappa shape index (κ3) is 21.9. The zero-order valence-corrected chi connectivity index (χ0v) is 57.8. The molecule has 4 N–H and O–H groups in total. The van der Waals surface area contributed by atoms with E-state index in [1.807, 2.05) is 64.1 Å². The van der Waals surface area contributed by atoms with Gasteiger partial charge in [0, 0.05) is 64.6 Å². The van der Waals surface area contributed by atoms with Gasteiger partial charge in [0.2, 0.25) is 23.3 Å². The number of nitrogens with one attached hydrogen (secondary N) is 4. The summed E-state index contributed by atoms with van der Waals surface area (Å²) in [6.07, 6.45) is 0. The van der Waals surface area contributed by atoms with Crippen molar-refractivity contribution in [3.63, 3.8) is 0 Å². The third-order valence-electron chi connectivity index (χ3n) is 13.6. The zero-order chi connectivity index (χ0) is 72.0. The number of ether oxygens (including phenoxy) is 4. The molecule has 13 rings (SSSR count). The Labute approximate surface area is 604 Å². The predicted molar refractivity (Wildman–Crippen MR) is 388 cm³/mol. The fourth-order valence-electron chi connectivity index (χ4n) is 8.95. The Kier molecular flexibility index (Phi) is 27.7. The number of nitrogens with zero attached hydrogens (tertiary/aromatic N) is 8. The van der Waals surface area contributed by atoms with Crippen molar-refractivity contribution in [2.75, 3.05) is 47.7 Å². The summed E-state index contributed by atoms with van der Waals surface area (Å²) in [5.74, 6) is 2.14. The summed E-state index contributed by atoms with van der Waals surface area (Å²) in [5, 5.41) is 43.6. The number of carbonyl (C=O) groups excluding carboxylic acids is 4. The van der Waals surface area contributed by atoms with Crippen LogP contribution in [0.3, 0.4) is 0 Å². The number of aromatic nitrogens is 8. The van der Waals surface area contributed by atoms with Crippen molar-refractivity contribution >= 4 is 93.3 Å². The van der Waals surface area contributed by atoms with E-state index in [2.05, 4.69) is 62.5 Å². The first-order valence-corrected chi connectivity index (χ1v) is 32.7. The quantitative estimate of drug-likeness (QED) is 0.0551. The van der Waals surface area contributed by atoms with E-state index in [0.717, 1.165) is 22.3 Å². The van der Waals surface area contributed by atoms with Crippen molar-refractivity contribution in [1.29, 1.82) is 0 Å². The van der Waals surface area contributed by atoms with E-state index in [1.165, 1.54) is 0 Å². The van der Waals surface area contributed by atoms with E-state index in [1.54, 1.807) is 194 Å². The number of amides is 4. The van der Waals surface area contributed by atoms with Gasteiger partial charge < -0.3 is 40.2 Å². The highest BCUT2D eigenvalue weighted by Gasteiger charge is 2.21. The standard InChI is InChI=1S/4C17H14ClN3O3.C6H6/c4*1-2-23-14-5-3-4-12(10-14)17(22)19-16-15(20-24-21-16)11-6-8-13(18)9-7-11;1-2-4-6-5-3-1/h4*3-10H,2H2,1H3,(H,19,21,22);1-6H. The molecule has 0 spiro atoms. The maximum Gasteiger partial charge on any atom is 0.257 e. The summed E-state index contributed by atoms with van der Waals surface area (Å²) in [5.41, 5.74) is 6.47. The van der Waals surface area contributed by atoms with Crippen molar-refractivity contribution in [3.8, 4) is 68.0 Å². The molecule has 0 saturated heterocycles. The van der Waals surface area contributed by atoms with Crippen LogP contribution in [0, 0.1) is 0 Å². The molecular weight excluding hydrogens is 1390 g/mol. The first-order valence-electron chi connectivity index (χ1n) is 31.2. The van der Waals surface area contributed by atoms with Crippen LogP contribution in [0.15, 0.2) is 249 Å². The van der Waals surface area contributed by atoms with Gasteiger partial charge in [-0.05, 0) is 190 Å². The number of carbonyl (C=O) groups is 4. The topological polar surface area (TPSA) is 309 Å². The van der Waals surface area contributed by atoms with Crippen LogP contribution < -0.4 is 40.2 Å². The Morgan fingerprint density at radius 3 is 0.667 bits per heavy atom. The fourth-order valence-corrected chi connectivity index (χ4v) is 9.45. The monoisotopic (exact) mass is 1450 g/mol. The summed E-state index contributed by atoms with van der Waals surface area (Å²) in [7, 11) is 0. The van der Waals surface area contributed by atoms with Gasteiger partial charge in [-0.1, -0.05) is 156 Å². The number of hydrogen-bond acceptors (Lipinski definition) is 20. The molecular formula is C74H62Cl4N12O12. The van der Waals surface area contributed by atoms with Gasteiger partial charge in [-0.25, -0.2) is 18.5 Å². The van der Waals surface area contributed by atoms with Crippen molar-refractivity contribution in [2.24, 2.45) is 0 Å². The summed E-state index contributed by atoms with van der Waals surface area (Å²) in [4.78, 5) is 49.6. The van der Waals surface area contributed by atoms with Crippen LogP contribution >= 0.6 is 46.4 Å². The number of halogens is 4. The molecule has 518 valence electrons. The Bertz CT molecular complexity index is 4210. The van der Waals surface area contributed by atoms with Gasteiger partial charge in [0.05, 0.1) is 26.4 Å². The summed E-state index contributed by atoms with van der Waals surface area (Å²) < 4.78 is 40.6. The molecule has 102 heavy (non-hydrogen) atoms. The number of rotatable bonds is 20. The second kappa shape index (κ2) is 38.2. The van der Waals surface area contributed by atoms with Gasteiger partial charge >= 0.3 is 0 Å². The van der Waals surface area contributed by atoms with E-state index in [9.17, 15) is 19.2 Å². The molecule has 0 unspecified atom stereocenters. The highest BCUT2D eigenvalue weighted by atomic mass is 35.5. The van der Waals surface area contributed by atoms with E-state index in [0.29, 0.717) is 115 Å². The van der Waals surface area contributed by atoms with Gasteiger partial charge in [0.25, 0.3) is 23.6 Å². The molecule has 0 bridgehead atoms. The largest absolute Gasteiger partial charge is 0.494 e. The molecule has 28 heteroatoms. The molecule has 0 aliphatic rings. The van der Waals surface area contributed by atoms with Crippen molar-refractivity contribution in [3.05, 3.63) is 273 Å². The zero-order valence-electron chi connectivity index (χ0n) is 54.8. The van der Waals surface area contributed by atoms with E-state index >= 15 is 0 Å². The molecule has 9 aromatic carbocycles. The average molecular weight is 1450 g/mol. The Morgan fingerprint density at radius 2 is 0.480 bits per heavy atom. The minimum atomic E-state index is -0.331. The van der Waals surface area contributed by atoms with Crippen LogP contribution in [0.4, 0.5) is 23.3 Å². The second-order valence-electron chi connectivity index (χ2n) is 20.7. The van der Waals surface area contributed by atoms with Gasteiger partial charge in [0.15, 0.2) is 22.8 Å². The summed E-state index contributed by atoms with van der Waals surface area (Å²) in [6, 6.07) is 67.5.